The molecule has 0 spiro atoms. The molecule has 0 aliphatic heterocycles. The first-order valence-corrected chi connectivity index (χ1v) is 6.54. The van der Waals surface area contributed by atoms with E-state index in [1.165, 1.54) is 0 Å². The Balaban J connectivity index is 2.04. The molecule has 6 heteroatoms. The van der Waals surface area contributed by atoms with E-state index in [4.69, 9.17) is 33.5 Å². The summed E-state index contributed by atoms with van der Waals surface area (Å²) >= 11 is 12.1. The number of hydrogen-bond acceptors (Lipinski definition) is 4. The summed E-state index contributed by atoms with van der Waals surface area (Å²) < 4.78 is 5.24. The predicted octanol–water partition coefficient (Wildman–Crippen LogP) is 4.29. The molecule has 0 unspecified atom stereocenters. The van der Waals surface area contributed by atoms with Gasteiger partial charge in [0.2, 0.25) is 5.82 Å². The van der Waals surface area contributed by atoms with E-state index >= 15 is 0 Å². The number of benzene rings is 2. The maximum absolute atomic E-state index is 6.10. The highest BCUT2D eigenvalue weighted by Gasteiger charge is 2.13. The van der Waals surface area contributed by atoms with Crippen LogP contribution in [-0.4, -0.2) is 10.1 Å². The molecule has 1 aromatic heterocycles. The topological polar surface area (TPSA) is 64.9 Å². The first-order valence-electron chi connectivity index (χ1n) is 5.78. The highest BCUT2D eigenvalue weighted by molar-refractivity contribution is 6.33. The van der Waals surface area contributed by atoms with Gasteiger partial charge in [0, 0.05) is 21.8 Å². The summed E-state index contributed by atoms with van der Waals surface area (Å²) in [6, 6.07) is 12.4. The molecule has 4 nitrogen and oxygen atoms in total. The van der Waals surface area contributed by atoms with Crippen LogP contribution in [0.2, 0.25) is 10.0 Å². The van der Waals surface area contributed by atoms with Crippen molar-refractivity contribution in [2.75, 3.05) is 5.73 Å². The van der Waals surface area contributed by atoms with Gasteiger partial charge in [0.05, 0.1) is 5.02 Å². The fraction of sp³-hybridized carbons (Fsp3) is 0. The Labute approximate surface area is 125 Å². The van der Waals surface area contributed by atoms with Crippen LogP contribution < -0.4 is 5.73 Å². The van der Waals surface area contributed by atoms with E-state index in [0.29, 0.717) is 38.6 Å². The van der Waals surface area contributed by atoms with Gasteiger partial charge >= 0.3 is 0 Å². The lowest BCUT2D eigenvalue weighted by Gasteiger charge is -1.98. The second-order valence-corrected chi connectivity index (χ2v) is 5.02. The molecule has 3 aromatic rings. The second-order valence-electron chi connectivity index (χ2n) is 4.18. The lowest BCUT2D eigenvalue weighted by Crippen LogP contribution is -1.86. The van der Waals surface area contributed by atoms with E-state index < -0.39 is 0 Å². The van der Waals surface area contributed by atoms with Crippen LogP contribution in [0, 0.1) is 0 Å². The van der Waals surface area contributed by atoms with Crippen LogP contribution in [0.4, 0.5) is 5.69 Å². The molecule has 0 amide bonds. The van der Waals surface area contributed by atoms with Gasteiger partial charge in [-0.3, -0.25) is 0 Å². The van der Waals surface area contributed by atoms with E-state index in [-0.39, 0.29) is 0 Å². The number of nitrogens with two attached hydrogens (primary N) is 1. The highest BCUT2D eigenvalue weighted by Crippen LogP contribution is 2.29. The van der Waals surface area contributed by atoms with Gasteiger partial charge in [-0.15, -0.1) is 0 Å². The molecule has 0 saturated carbocycles. The molecule has 3 rings (SSSR count). The number of aromatic nitrogens is 2. The van der Waals surface area contributed by atoms with Crippen molar-refractivity contribution in [3.63, 3.8) is 0 Å². The molecular formula is C14H9Cl2N3O. The van der Waals surface area contributed by atoms with Crippen molar-refractivity contribution in [1.82, 2.24) is 10.1 Å². The zero-order chi connectivity index (χ0) is 14.1. The molecule has 2 aromatic carbocycles. The summed E-state index contributed by atoms with van der Waals surface area (Å²) in [6.07, 6.45) is 0. The third-order valence-electron chi connectivity index (χ3n) is 2.71. The summed E-state index contributed by atoms with van der Waals surface area (Å²) in [6.45, 7) is 0. The molecule has 2 N–H and O–H groups in total. The fourth-order valence-electron chi connectivity index (χ4n) is 1.83. The average Bonchev–Trinajstić information content (AvgIpc) is 2.87. The second kappa shape index (κ2) is 5.15. The minimum absolute atomic E-state index is 0.342. The number of nitrogens with zero attached hydrogens (tertiary/aromatic N) is 2. The van der Waals surface area contributed by atoms with Gasteiger partial charge in [0.25, 0.3) is 5.89 Å². The summed E-state index contributed by atoms with van der Waals surface area (Å²) in [5.41, 5.74) is 7.65. The van der Waals surface area contributed by atoms with Crippen LogP contribution in [0.25, 0.3) is 22.8 Å². The van der Waals surface area contributed by atoms with Gasteiger partial charge in [-0.25, -0.2) is 0 Å². The van der Waals surface area contributed by atoms with Gasteiger partial charge in [0.1, 0.15) is 0 Å². The van der Waals surface area contributed by atoms with Gasteiger partial charge in [-0.05, 0) is 30.3 Å². The number of anilines is 1. The van der Waals surface area contributed by atoms with E-state index in [9.17, 15) is 0 Å². The minimum atomic E-state index is 0.342. The molecule has 0 atom stereocenters. The maximum atomic E-state index is 6.10. The Morgan fingerprint density at radius 3 is 2.60 bits per heavy atom. The monoisotopic (exact) mass is 305 g/mol. The van der Waals surface area contributed by atoms with Crippen molar-refractivity contribution in [3.05, 3.63) is 52.5 Å². The predicted molar refractivity (Wildman–Crippen MR) is 79.6 cm³/mol. The van der Waals surface area contributed by atoms with Crippen LogP contribution >= 0.6 is 23.2 Å². The molecule has 0 aliphatic carbocycles. The van der Waals surface area contributed by atoms with E-state index in [1.54, 1.807) is 24.3 Å². The van der Waals surface area contributed by atoms with Crippen molar-refractivity contribution < 1.29 is 4.52 Å². The third kappa shape index (κ3) is 2.48. The number of rotatable bonds is 2. The zero-order valence-corrected chi connectivity index (χ0v) is 11.7. The average molecular weight is 306 g/mol. The molecule has 0 aliphatic rings. The third-order valence-corrected chi connectivity index (χ3v) is 3.26. The normalized spacial score (nSPS) is 10.7. The zero-order valence-electron chi connectivity index (χ0n) is 10.2. The lowest BCUT2D eigenvalue weighted by atomic mass is 10.2. The van der Waals surface area contributed by atoms with Gasteiger partial charge in [0.15, 0.2) is 0 Å². The fourth-order valence-corrected chi connectivity index (χ4v) is 2.29. The molecule has 0 fully saturated rings. The van der Waals surface area contributed by atoms with Crippen LogP contribution in [0.15, 0.2) is 47.0 Å². The van der Waals surface area contributed by atoms with E-state index in [2.05, 4.69) is 10.1 Å². The Hall–Kier alpha value is -2.04. The lowest BCUT2D eigenvalue weighted by molar-refractivity contribution is 0.432. The largest absolute Gasteiger partial charge is 0.399 e. The van der Waals surface area contributed by atoms with Crippen molar-refractivity contribution in [3.8, 4) is 22.8 Å². The van der Waals surface area contributed by atoms with Crippen LogP contribution in [0.1, 0.15) is 0 Å². The molecule has 1 heterocycles. The molecule has 0 saturated heterocycles. The Kier molecular flexibility index (Phi) is 3.34. The van der Waals surface area contributed by atoms with Crippen LogP contribution in [-0.2, 0) is 0 Å². The van der Waals surface area contributed by atoms with Crippen LogP contribution in [0.5, 0.6) is 0 Å². The van der Waals surface area contributed by atoms with Crippen molar-refractivity contribution in [1.29, 1.82) is 0 Å². The highest BCUT2D eigenvalue weighted by atomic mass is 35.5. The van der Waals surface area contributed by atoms with Crippen molar-refractivity contribution in [2.45, 2.75) is 0 Å². The molecule has 100 valence electrons. The molecular weight excluding hydrogens is 297 g/mol. The van der Waals surface area contributed by atoms with Gasteiger partial charge in [-0.1, -0.05) is 40.5 Å². The Morgan fingerprint density at radius 2 is 1.85 bits per heavy atom. The quantitative estimate of drug-likeness (QED) is 0.717. The molecule has 0 radical (unpaired) electrons. The maximum Gasteiger partial charge on any atom is 0.258 e. The standard InChI is InChI=1S/C14H9Cl2N3O/c15-9-5-8(6-10(17)7-9)14-18-13(19-20-14)11-3-1-2-4-12(11)16/h1-7H,17H2. The van der Waals surface area contributed by atoms with Crippen molar-refractivity contribution in [2.24, 2.45) is 0 Å². The summed E-state index contributed by atoms with van der Waals surface area (Å²) in [5.74, 6) is 0.762. The SMILES string of the molecule is Nc1cc(Cl)cc(-c2nc(-c3ccccc3Cl)no2)c1. The molecule has 20 heavy (non-hydrogen) atoms. The number of hydrogen-bond donors (Lipinski definition) is 1. The van der Waals surface area contributed by atoms with Gasteiger partial charge in [-0.2, -0.15) is 4.98 Å². The van der Waals surface area contributed by atoms with Crippen LogP contribution in [0.3, 0.4) is 0 Å². The molecule has 0 bridgehead atoms. The van der Waals surface area contributed by atoms with E-state index in [1.807, 2.05) is 18.2 Å². The summed E-state index contributed by atoms with van der Waals surface area (Å²) in [7, 11) is 0. The van der Waals surface area contributed by atoms with E-state index in [0.717, 1.165) is 0 Å². The Bertz CT molecular complexity index is 750. The first-order chi connectivity index (χ1) is 9.63. The van der Waals surface area contributed by atoms with Gasteiger partial charge < -0.3 is 10.3 Å². The summed E-state index contributed by atoms with van der Waals surface area (Å²) in [4.78, 5) is 4.32. The summed E-state index contributed by atoms with van der Waals surface area (Å²) in [5, 5.41) is 5.00. The minimum Gasteiger partial charge on any atom is -0.399 e. The smallest absolute Gasteiger partial charge is 0.258 e. The first kappa shape index (κ1) is 13.0. The number of halogens is 2. The number of nitrogen functional groups attached to an aromatic ring is 1. The Morgan fingerprint density at radius 1 is 1.05 bits per heavy atom. The van der Waals surface area contributed by atoms with Crippen molar-refractivity contribution >= 4 is 28.9 Å².